The molecule has 1 saturated heterocycles. The highest BCUT2D eigenvalue weighted by Crippen LogP contribution is 2.39. The molecule has 6 nitrogen and oxygen atoms in total. The Morgan fingerprint density at radius 1 is 1.07 bits per heavy atom. The number of benzene rings is 2. The topological polar surface area (TPSA) is 60.3 Å². The molecular weight excluding hydrogens is 380 g/mol. The summed E-state index contributed by atoms with van der Waals surface area (Å²) >= 11 is 0. The number of ether oxygens (including phenoxy) is 2. The molecule has 0 aliphatic carbocycles. The van der Waals surface area contributed by atoms with Gasteiger partial charge in [-0.3, -0.25) is 14.5 Å². The minimum atomic E-state index is -0.148. The largest absolute Gasteiger partial charge is 0.489 e. The van der Waals surface area contributed by atoms with Gasteiger partial charge in [-0.1, -0.05) is 42.5 Å². The molecule has 1 amide bonds. The number of esters is 1. The van der Waals surface area contributed by atoms with Crippen LogP contribution in [0.1, 0.15) is 31.4 Å². The second-order valence-electron chi connectivity index (χ2n) is 7.92. The first kappa shape index (κ1) is 20.4. The summed E-state index contributed by atoms with van der Waals surface area (Å²) in [6, 6.07) is 17.6. The molecule has 1 atom stereocenters. The molecular formula is C24H29N2O4+. The van der Waals surface area contributed by atoms with Gasteiger partial charge in [-0.15, -0.1) is 0 Å². The molecule has 2 heterocycles. The summed E-state index contributed by atoms with van der Waals surface area (Å²) in [7, 11) is 0. The van der Waals surface area contributed by atoms with Crippen molar-refractivity contribution in [1.82, 2.24) is 0 Å². The Balaban J connectivity index is 1.49. The first-order valence-electron chi connectivity index (χ1n) is 10.8. The van der Waals surface area contributed by atoms with E-state index in [0.29, 0.717) is 19.8 Å². The second-order valence-corrected chi connectivity index (χ2v) is 7.92. The van der Waals surface area contributed by atoms with E-state index in [1.807, 2.05) is 66.4 Å². The van der Waals surface area contributed by atoms with E-state index in [1.54, 1.807) is 0 Å². The monoisotopic (exact) mass is 409 g/mol. The predicted octanol–water partition coefficient (Wildman–Crippen LogP) is 2.01. The number of hydrogen-bond donors (Lipinski definition) is 1. The fourth-order valence-electron chi connectivity index (χ4n) is 4.42. The predicted molar refractivity (Wildman–Crippen MR) is 114 cm³/mol. The van der Waals surface area contributed by atoms with Gasteiger partial charge in [-0.25, -0.2) is 0 Å². The molecule has 158 valence electrons. The zero-order chi connectivity index (χ0) is 20.9. The number of fused-ring (bicyclic) bond motifs is 1. The lowest BCUT2D eigenvalue weighted by Gasteiger charge is -2.38. The summed E-state index contributed by atoms with van der Waals surface area (Å²) in [5.74, 6) is 0.692. The SMILES string of the molecule is CCOC(=O)C1CC[NH+](CC(=O)N2c3ccccc3OC[C@@H]2c2ccccc2)CC1. The summed E-state index contributed by atoms with van der Waals surface area (Å²) in [5, 5.41) is 0. The van der Waals surface area contributed by atoms with Crippen LogP contribution in [0.2, 0.25) is 0 Å². The number of piperidine rings is 1. The highest BCUT2D eigenvalue weighted by molar-refractivity contribution is 5.96. The number of likely N-dealkylation sites (tertiary alicyclic amines) is 1. The smallest absolute Gasteiger partial charge is 0.309 e. The number of amides is 1. The Hall–Kier alpha value is -2.86. The number of quaternary nitrogens is 1. The van der Waals surface area contributed by atoms with Crippen molar-refractivity contribution in [2.45, 2.75) is 25.8 Å². The van der Waals surface area contributed by atoms with E-state index in [9.17, 15) is 9.59 Å². The first-order chi connectivity index (χ1) is 14.7. The van der Waals surface area contributed by atoms with Crippen molar-refractivity contribution in [3.05, 3.63) is 60.2 Å². The Morgan fingerprint density at radius 2 is 1.77 bits per heavy atom. The van der Waals surface area contributed by atoms with Gasteiger partial charge in [0.05, 0.1) is 37.3 Å². The van der Waals surface area contributed by atoms with Crippen LogP contribution in [-0.4, -0.2) is 44.7 Å². The molecule has 1 N–H and O–H groups in total. The highest BCUT2D eigenvalue weighted by Gasteiger charge is 2.36. The van der Waals surface area contributed by atoms with Crippen molar-refractivity contribution in [2.24, 2.45) is 5.92 Å². The number of para-hydroxylation sites is 2. The third kappa shape index (κ3) is 4.33. The maximum atomic E-state index is 13.5. The quantitative estimate of drug-likeness (QED) is 0.768. The molecule has 2 aromatic rings. The standard InChI is InChI=1S/C24H28N2O4/c1-2-29-24(28)19-12-14-25(15-13-19)16-23(27)26-20-10-6-7-11-22(20)30-17-21(26)18-8-4-3-5-9-18/h3-11,19,21H,2,12-17H2,1H3/p+1/t21-/m1/s1. The van der Waals surface area contributed by atoms with Crippen molar-refractivity contribution >= 4 is 17.6 Å². The number of anilines is 1. The van der Waals surface area contributed by atoms with Gasteiger partial charge in [-0.2, -0.15) is 0 Å². The van der Waals surface area contributed by atoms with Crippen molar-refractivity contribution < 1.29 is 24.0 Å². The Kier molecular flexibility index (Phi) is 6.33. The van der Waals surface area contributed by atoms with Crippen LogP contribution >= 0.6 is 0 Å². The number of nitrogens with zero attached hydrogens (tertiary/aromatic N) is 1. The van der Waals surface area contributed by atoms with Crippen LogP contribution in [0, 0.1) is 5.92 Å². The lowest BCUT2D eigenvalue weighted by Crippen LogP contribution is -3.14. The minimum absolute atomic E-state index is 0.0371. The Bertz CT molecular complexity index is 878. The van der Waals surface area contributed by atoms with Gasteiger partial charge in [0.25, 0.3) is 5.91 Å². The van der Waals surface area contributed by atoms with Crippen molar-refractivity contribution in [2.75, 3.05) is 37.7 Å². The van der Waals surface area contributed by atoms with Crippen LogP contribution in [-0.2, 0) is 14.3 Å². The van der Waals surface area contributed by atoms with Crippen LogP contribution in [0.3, 0.4) is 0 Å². The molecule has 2 aromatic carbocycles. The second kappa shape index (κ2) is 9.30. The molecule has 6 heteroatoms. The fraction of sp³-hybridized carbons (Fsp3) is 0.417. The van der Waals surface area contributed by atoms with Gasteiger partial charge in [0.1, 0.15) is 12.4 Å². The summed E-state index contributed by atoms with van der Waals surface area (Å²) in [6.07, 6.45) is 1.53. The number of carbonyl (C=O) groups excluding carboxylic acids is 2. The fourth-order valence-corrected chi connectivity index (χ4v) is 4.42. The number of nitrogens with one attached hydrogen (secondary N) is 1. The summed E-state index contributed by atoms with van der Waals surface area (Å²) < 4.78 is 11.1. The van der Waals surface area contributed by atoms with E-state index in [4.69, 9.17) is 9.47 Å². The Morgan fingerprint density at radius 3 is 2.50 bits per heavy atom. The van der Waals surface area contributed by atoms with Crippen molar-refractivity contribution in [3.63, 3.8) is 0 Å². The van der Waals surface area contributed by atoms with Gasteiger partial charge in [-0.05, 0) is 24.6 Å². The lowest BCUT2D eigenvalue weighted by molar-refractivity contribution is -0.897. The van der Waals surface area contributed by atoms with Crippen LogP contribution in [0.25, 0.3) is 0 Å². The third-order valence-electron chi connectivity index (χ3n) is 6.00. The van der Waals surface area contributed by atoms with E-state index in [-0.39, 0.29) is 23.8 Å². The molecule has 0 spiro atoms. The average Bonchev–Trinajstić information content (AvgIpc) is 2.79. The van der Waals surface area contributed by atoms with Crippen LogP contribution < -0.4 is 14.5 Å². The Labute approximate surface area is 177 Å². The van der Waals surface area contributed by atoms with Gasteiger partial charge < -0.3 is 14.4 Å². The van der Waals surface area contributed by atoms with Crippen LogP contribution in [0.5, 0.6) is 5.75 Å². The highest BCUT2D eigenvalue weighted by atomic mass is 16.5. The molecule has 30 heavy (non-hydrogen) atoms. The zero-order valence-electron chi connectivity index (χ0n) is 17.4. The molecule has 0 aromatic heterocycles. The molecule has 2 aliphatic rings. The van der Waals surface area contributed by atoms with E-state index >= 15 is 0 Å². The third-order valence-corrected chi connectivity index (χ3v) is 6.00. The summed E-state index contributed by atoms with van der Waals surface area (Å²) in [4.78, 5) is 28.6. The van der Waals surface area contributed by atoms with Crippen molar-refractivity contribution in [1.29, 1.82) is 0 Å². The zero-order valence-corrected chi connectivity index (χ0v) is 17.4. The molecule has 0 saturated carbocycles. The van der Waals surface area contributed by atoms with Crippen LogP contribution in [0.4, 0.5) is 5.69 Å². The molecule has 0 unspecified atom stereocenters. The minimum Gasteiger partial charge on any atom is -0.489 e. The molecule has 0 bridgehead atoms. The van der Waals surface area contributed by atoms with Gasteiger partial charge in [0.15, 0.2) is 6.54 Å². The molecule has 4 rings (SSSR count). The van der Waals surface area contributed by atoms with Crippen LogP contribution in [0.15, 0.2) is 54.6 Å². The van der Waals surface area contributed by atoms with E-state index in [2.05, 4.69) is 0 Å². The number of hydrogen-bond acceptors (Lipinski definition) is 4. The molecule has 1 fully saturated rings. The van der Waals surface area contributed by atoms with Gasteiger partial charge in [0.2, 0.25) is 0 Å². The normalized spacial score (nSPS) is 23.2. The maximum Gasteiger partial charge on any atom is 0.309 e. The average molecular weight is 410 g/mol. The maximum absolute atomic E-state index is 13.5. The molecule has 0 radical (unpaired) electrons. The van der Waals surface area contributed by atoms with Gasteiger partial charge >= 0.3 is 5.97 Å². The first-order valence-corrected chi connectivity index (χ1v) is 10.8. The summed E-state index contributed by atoms with van der Waals surface area (Å²) in [6.45, 7) is 4.71. The van der Waals surface area contributed by atoms with E-state index in [0.717, 1.165) is 42.9 Å². The number of carbonyl (C=O) groups is 2. The molecule has 2 aliphatic heterocycles. The van der Waals surface area contributed by atoms with Crippen molar-refractivity contribution in [3.8, 4) is 5.75 Å². The van der Waals surface area contributed by atoms with E-state index < -0.39 is 0 Å². The number of rotatable bonds is 5. The summed E-state index contributed by atoms with van der Waals surface area (Å²) in [5.41, 5.74) is 1.89. The van der Waals surface area contributed by atoms with Gasteiger partial charge in [0, 0.05) is 12.8 Å². The van der Waals surface area contributed by atoms with E-state index in [1.165, 1.54) is 4.90 Å². The lowest BCUT2D eigenvalue weighted by atomic mass is 9.97.